The van der Waals surface area contributed by atoms with Crippen LogP contribution in [-0.4, -0.2) is 0 Å². The van der Waals surface area contributed by atoms with Crippen molar-refractivity contribution in [3.63, 3.8) is 0 Å². The van der Waals surface area contributed by atoms with Crippen molar-refractivity contribution in [1.82, 2.24) is 0 Å². The number of unbranched alkanes of at least 4 members (excludes halogenated alkanes) is 2. The Kier molecular flexibility index (Phi) is 7.04. The van der Waals surface area contributed by atoms with Crippen LogP contribution in [0.15, 0.2) is 48.5 Å². The quantitative estimate of drug-likeness (QED) is 0.434. The Labute approximate surface area is 179 Å². The largest absolute Gasteiger partial charge is 0.0795 e. The van der Waals surface area contributed by atoms with Crippen LogP contribution in [0.5, 0.6) is 0 Å². The average molecular weight is 389 g/mol. The number of hydrogen-bond acceptors (Lipinski definition) is 0. The van der Waals surface area contributed by atoms with Crippen LogP contribution < -0.4 is 0 Å². The molecule has 2 aromatic carbocycles. The second-order valence-corrected chi connectivity index (χ2v) is 10.0. The number of allylic oxidation sites excluding steroid dienone is 2. The standard InChI is InChI=1S/C29H40/c1-7-9-10-11-22-13-19-27-25(8-2)26(18-12-21(3)28(27)20-22)23-14-16-24(17-15-23)29(4,5)6/h13-21,25H,7-12H2,1-6H3. The minimum Gasteiger partial charge on any atom is -0.0795 e. The van der Waals surface area contributed by atoms with Gasteiger partial charge in [-0.1, -0.05) is 103 Å². The first-order valence-corrected chi connectivity index (χ1v) is 11.8. The third-order valence-electron chi connectivity index (χ3n) is 6.69. The van der Waals surface area contributed by atoms with E-state index in [2.05, 4.69) is 90.1 Å². The molecule has 0 spiro atoms. The molecule has 0 amide bonds. The van der Waals surface area contributed by atoms with Crippen LogP contribution in [0.2, 0.25) is 0 Å². The molecule has 2 unspecified atom stereocenters. The van der Waals surface area contributed by atoms with Gasteiger partial charge >= 0.3 is 0 Å². The van der Waals surface area contributed by atoms with Crippen molar-refractivity contribution in [3.8, 4) is 0 Å². The van der Waals surface area contributed by atoms with Crippen LogP contribution in [-0.2, 0) is 11.8 Å². The zero-order valence-electron chi connectivity index (χ0n) is 19.5. The van der Waals surface area contributed by atoms with Crippen LogP contribution in [0.1, 0.15) is 113 Å². The monoisotopic (exact) mass is 388 g/mol. The summed E-state index contributed by atoms with van der Waals surface area (Å²) in [6.07, 6.45) is 9.98. The molecule has 156 valence electrons. The number of hydrogen-bond donors (Lipinski definition) is 0. The van der Waals surface area contributed by atoms with Gasteiger partial charge in [0, 0.05) is 5.92 Å². The van der Waals surface area contributed by atoms with Crippen molar-refractivity contribution in [2.75, 3.05) is 0 Å². The van der Waals surface area contributed by atoms with E-state index < -0.39 is 0 Å². The summed E-state index contributed by atoms with van der Waals surface area (Å²) in [5, 5.41) is 0. The van der Waals surface area contributed by atoms with Crippen molar-refractivity contribution in [3.05, 3.63) is 76.4 Å². The summed E-state index contributed by atoms with van der Waals surface area (Å²) < 4.78 is 0. The predicted octanol–water partition coefficient (Wildman–Crippen LogP) is 8.80. The summed E-state index contributed by atoms with van der Waals surface area (Å²) in [6.45, 7) is 13.9. The highest BCUT2D eigenvalue weighted by molar-refractivity contribution is 5.73. The molecule has 2 aromatic rings. The lowest BCUT2D eigenvalue weighted by Crippen LogP contribution is -2.11. The minimum atomic E-state index is 0.204. The molecule has 0 heteroatoms. The van der Waals surface area contributed by atoms with Gasteiger partial charge in [-0.3, -0.25) is 0 Å². The SMILES string of the molecule is CCCCCc1ccc2c(c1)C(C)CC=C(c1ccc(C(C)(C)C)cc1)C2CC. The first kappa shape index (κ1) is 21.9. The summed E-state index contributed by atoms with van der Waals surface area (Å²) >= 11 is 0. The number of fused-ring (bicyclic) bond motifs is 1. The van der Waals surface area contributed by atoms with E-state index in [-0.39, 0.29) is 5.41 Å². The Morgan fingerprint density at radius 3 is 2.24 bits per heavy atom. The Balaban J connectivity index is 1.94. The Bertz CT molecular complexity index is 829. The van der Waals surface area contributed by atoms with Crippen LogP contribution in [0, 0.1) is 0 Å². The van der Waals surface area contributed by atoms with Gasteiger partial charge in [0.05, 0.1) is 0 Å². The summed E-state index contributed by atoms with van der Waals surface area (Å²) in [5.74, 6) is 1.09. The fourth-order valence-electron chi connectivity index (χ4n) is 4.77. The molecule has 0 saturated carbocycles. The van der Waals surface area contributed by atoms with Crippen molar-refractivity contribution in [2.45, 2.75) is 97.3 Å². The maximum atomic E-state index is 2.53. The second kappa shape index (κ2) is 9.33. The fourth-order valence-corrected chi connectivity index (χ4v) is 4.77. The highest BCUT2D eigenvalue weighted by Gasteiger charge is 2.25. The zero-order chi connectivity index (χ0) is 21.0. The fraction of sp³-hybridized carbons (Fsp3) is 0.517. The Morgan fingerprint density at radius 1 is 0.897 bits per heavy atom. The lowest BCUT2D eigenvalue weighted by molar-refractivity contribution is 0.590. The molecule has 0 N–H and O–H groups in total. The summed E-state index contributed by atoms with van der Waals surface area (Å²) in [4.78, 5) is 0. The van der Waals surface area contributed by atoms with Gasteiger partial charge in [0.2, 0.25) is 0 Å². The molecule has 0 heterocycles. The van der Waals surface area contributed by atoms with E-state index in [1.165, 1.54) is 47.9 Å². The van der Waals surface area contributed by atoms with E-state index in [4.69, 9.17) is 0 Å². The van der Waals surface area contributed by atoms with Crippen molar-refractivity contribution >= 4 is 5.57 Å². The molecule has 0 radical (unpaired) electrons. The third kappa shape index (κ3) is 5.03. The molecule has 0 bridgehead atoms. The number of aryl methyl sites for hydroxylation is 1. The first-order valence-electron chi connectivity index (χ1n) is 11.8. The van der Waals surface area contributed by atoms with Gasteiger partial charge in [-0.05, 0) is 70.4 Å². The van der Waals surface area contributed by atoms with E-state index in [1.807, 2.05) is 0 Å². The molecule has 3 rings (SSSR count). The highest BCUT2D eigenvalue weighted by atomic mass is 14.3. The zero-order valence-corrected chi connectivity index (χ0v) is 19.5. The summed E-state index contributed by atoms with van der Waals surface area (Å²) in [7, 11) is 0. The van der Waals surface area contributed by atoms with Crippen LogP contribution >= 0.6 is 0 Å². The van der Waals surface area contributed by atoms with E-state index in [1.54, 1.807) is 11.1 Å². The smallest absolute Gasteiger partial charge is 0.00923 e. The van der Waals surface area contributed by atoms with Gasteiger partial charge in [-0.15, -0.1) is 0 Å². The summed E-state index contributed by atoms with van der Waals surface area (Å²) in [6, 6.07) is 16.7. The van der Waals surface area contributed by atoms with Crippen LogP contribution in [0.4, 0.5) is 0 Å². The van der Waals surface area contributed by atoms with Crippen LogP contribution in [0.3, 0.4) is 0 Å². The lowest BCUT2D eigenvalue weighted by Gasteiger charge is -2.24. The van der Waals surface area contributed by atoms with Crippen molar-refractivity contribution < 1.29 is 0 Å². The molecule has 29 heavy (non-hydrogen) atoms. The molecule has 1 aliphatic carbocycles. The normalized spacial score (nSPS) is 19.4. The van der Waals surface area contributed by atoms with Gasteiger partial charge in [0.1, 0.15) is 0 Å². The maximum absolute atomic E-state index is 2.53. The molecule has 0 nitrogen and oxygen atoms in total. The van der Waals surface area contributed by atoms with Crippen molar-refractivity contribution in [1.29, 1.82) is 0 Å². The molecular weight excluding hydrogens is 348 g/mol. The number of rotatable bonds is 6. The van der Waals surface area contributed by atoms with Gasteiger partial charge in [-0.2, -0.15) is 0 Å². The number of benzene rings is 2. The second-order valence-electron chi connectivity index (χ2n) is 10.0. The molecule has 1 aliphatic rings. The van der Waals surface area contributed by atoms with E-state index in [9.17, 15) is 0 Å². The summed E-state index contributed by atoms with van der Waals surface area (Å²) in [5.41, 5.74) is 9.21. The van der Waals surface area contributed by atoms with Crippen LogP contribution in [0.25, 0.3) is 5.57 Å². The van der Waals surface area contributed by atoms with E-state index >= 15 is 0 Å². The van der Waals surface area contributed by atoms with E-state index in [0.717, 1.165) is 12.8 Å². The Hall–Kier alpha value is -1.82. The molecular formula is C29H40. The van der Waals surface area contributed by atoms with Gasteiger partial charge in [0.15, 0.2) is 0 Å². The average Bonchev–Trinajstić information content (AvgIpc) is 2.84. The van der Waals surface area contributed by atoms with Crippen molar-refractivity contribution in [2.24, 2.45) is 0 Å². The highest BCUT2D eigenvalue weighted by Crippen LogP contribution is 2.43. The lowest BCUT2D eigenvalue weighted by atomic mass is 9.81. The minimum absolute atomic E-state index is 0.204. The maximum Gasteiger partial charge on any atom is 0.00923 e. The molecule has 0 aliphatic heterocycles. The molecule has 2 atom stereocenters. The molecule has 0 fully saturated rings. The third-order valence-corrected chi connectivity index (χ3v) is 6.69. The molecule has 0 aromatic heterocycles. The molecule has 0 saturated heterocycles. The topological polar surface area (TPSA) is 0 Å². The van der Waals surface area contributed by atoms with Gasteiger partial charge in [-0.25, -0.2) is 0 Å². The Morgan fingerprint density at radius 2 is 1.62 bits per heavy atom. The van der Waals surface area contributed by atoms with Gasteiger partial charge in [0.25, 0.3) is 0 Å². The van der Waals surface area contributed by atoms with E-state index in [0.29, 0.717) is 11.8 Å². The van der Waals surface area contributed by atoms with Gasteiger partial charge < -0.3 is 0 Å². The predicted molar refractivity (Wildman–Crippen MR) is 129 cm³/mol. The first-order chi connectivity index (χ1) is 13.8.